The number of anilines is 2. The minimum absolute atomic E-state index is 0.0817. The Balaban J connectivity index is 1.99. The second kappa shape index (κ2) is 8.46. The lowest BCUT2D eigenvalue weighted by atomic mass is 10.1. The lowest BCUT2D eigenvalue weighted by Crippen LogP contribution is -2.12. The van der Waals surface area contributed by atoms with E-state index >= 15 is 0 Å². The summed E-state index contributed by atoms with van der Waals surface area (Å²) in [4.78, 5) is 11.5. The van der Waals surface area contributed by atoms with E-state index in [1.807, 2.05) is 0 Å². The van der Waals surface area contributed by atoms with E-state index in [-0.39, 0.29) is 22.9 Å². The number of nitrogens with one attached hydrogen (secondary N) is 1. The van der Waals surface area contributed by atoms with E-state index < -0.39 is 33.3 Å². The third-order valence-corrected chi connectivity index (χ3v) is 4.82. The van der Waals surface area contributed by atoms with Gasteiger partial charge in [-0.25, -0.2) is 27.8 Å². The van der Waals surface area contributed by atoms with Crippen LogP contribution in [0.15, 0.2) is 42.7 Å². The molecule has 164 valence electrons. The third kappa shape index (κ3) is 5.87. The minimum Gasteiger partial charge on any atom is -0.496 e. The number of hydrogen-bond donors (Lipinski definition) is 1. The highest BCUT2D eigenvalue weighted by atomic mass is 32.2. The number of sulfone groups is 1. The normalized spacial score (nSPS) is 11.9. The Morgan fingerprint density at radius 3 is 2.45 bits per heavy atom. The van der Waals surface area contributed by atoms with Crippen LogP contribution in [0.3, 0.4) is 0 Å². The molecule has 0 aliphatic rings. The van der Waals surface area contributed by atoms with Gasteiger partial charge in [-0.3, -0.25) is 0 Å². The van der Waals surface area contributed by atoms with Crippen molar-refractivity contribution in [2.75, 3.05) is 18.7 Å². The smallest absolute Gasteiger partial charge is 0.433 e. The molecule has 0 bridgehead atoms. The summed E-state index contributed by atoms with van der Waals surface area (Å²) in [5.74, 6) is -1.05. The van der Waals surface area contributed by atoms with Crippen molar-refractivity contribution >= 4 is 21.5 Å². The molecule has 0 aliphatic carbocycles. The van der Waals surface area contributed by atoms with E-state index in [2.05, 4.69) is 20.3 Å². The Labute approximate surface area is 175 Å². The Hall–Kier alpha value is -3.28. The van der Waals surface area contributed by atoms with E-state index in [1.165, 1.54) is 31.4 Å². The lowest BCUT2D eigenvalue weighted by Gasteiger charge is -2.13. The summed E-state index contributed by atoms with van der Waals surface area (Å²) >= 11 is 0. The fourth-order valence-electron chi connectivity index (χ4n) is 2.76. The maximum absolute atomic E-state index is 13.4. The quantitative estimate of drug-likeness (QED) is 0.561. The first kappa shape index (κ1) is 22.4. The van der Waals surface area contributed by atoms with Crippen molar-refractivity contribution in [3.63, 3.8) is 0 Å². The van der Waals surface area contributed by atoms with Crippen molar-refractivity contribution in [2.24, 2.45) is 0 Å². The average molecular weight is 456 g/mol. The van der Waals surface area contributed by atoms with Crippen molar-refractivity contribution in [1.82, 2.24) is 15.0 Å². The summed E-state index contributed by atoms with van der Waals surface area (Å²) in [6.45, 7) is 0. The highest BCUT2D eigenvalue weighted by molar-refractivity contribution is 7.89. The van der Waals surface area contributed by atoms with E-state index in [0.717, 1.165) is 18.6 Å². The maximum atomic E-state index is 13.4. The molecule has 1 aromatic carbocycles. The van der Waals surface area contributed by atoms with E-state index in [4.69, 9.17) is 4.74 Å². The van der Waals surface area contributed by atoms with Crippen LogP contribution < -0.4 is 10.1 Å². The number of aromatic nitrogens is 3. The highest BCUT2D eigenvalue weighted by Gasteiger charge is 2.33. The van der Waals surface area contributed by atoms with Crippen LogP contribution in [0.2, 0.25) is 0 Å². The molecule has 0 spiro atoms. The first-order chi connectivity index (χ1) is 14.4. The summed E-state index contributed by atoms with van der Waals surface area (Å²) in [7, 11) is -2.22. The van der Waals surface area contributed by atoms with Crippen LogP contribution in [0.25, 0.3) is 11.3 Å². The molecule has 0 saturated heterocycles. The average Bonchev–Trinajstić information content (AvgIpc) is 2.66. The second-order valence-electron chi connectivity index (χ2n) is 6.57. The van der Waals surface area contributed by atoms with Gasteiger partial charge < -0.3 is 10.1 Å². The molecule has 1 N–H and O–H groups in total. The first-order valence-corrected chi connectivity index (χ1v) is 10.7. The number of pyridine rings is 1. The molecule has 0 saturated carbocycles. The van der Waals surface area contributed by atoms with Gasteiger partial charge in [0.25, 0.3) is 0 Å². The van der Waals surface area contributed by atoms with Gasteiger partial charge in [0.1, 0.15) is 35.2 Å². The predicted octanol–water partition coefficient (Wildman–Crippen LogP) is 3.99. The van der Waals surface area contributed by atoms with Gasteiger partial charge in [-0.05, 0) is 29.8 Å². The molecule has 0 unspecified atom stereocenters. The van der Waals surface area contributed by atoms with Crippen LogP contribution >= 0.6 is 0 Å². The van der Waals surface area contributed by atoms with Gasteiger partial charge in [-0.2, -0.15) is 13.2 Å². The van der Waals surface area contributed by atoms with Crippen LogP contribution in [-0.4, -0.2) is 36.7 Å². The highest BCUT2D eigenvalue weighted by Crippen LogP contribution is 2.32. The third-order valence-electron chi connectivity index (χ3n) is 3.97. The summed E-state index contributed by atoms with van der Waals surface area (Å²) in [5.41, 5.74) is -0.575. The lowest BCUT2D eigenvalue weighted by molar-refractivity contribution is -0.141. The van der Waals surface area contributed by atoms with Gasteiger partial charge in [-0.1, -0.05) is 0 Å². The molecule has 0 fully saturated rings. The molecule has 12 heteroatoms. The Morgan fingerprint density at radius 1 is 1.06 bits per heavy atom. The van der Waals surface area contributed by atoms with E-state index in [1.54, 1.807) is 0 Å². The molecular weight excluding hydrogens is 440 g/mol. The van der Waals surface area contributed by atoms with Crippen molar-refractivity contribution in [3.8, 4) is 17.0 Å². The largest absolute Gasteiger partial charge is 0.496 e. The number of benzene rings is 1. The number of alkyl halides is 3. The number of hydrogen-bond acceptors (Lipinski definition) is 7. The molecule has 0 amide bonds. The van der Waals surface area contributed by atoms with Gasteiger partial charge in [0, 0.05) is 24.0 Å². The zero-order valence-electron chi connectivity index (χ0n) is 16.2. The Kier molecular flexibility index (Phi) is 6.11. The van der Waals surface area contributed by atoms with E-state index in [9.17, 15) is 26.0 Å². The summed E-state index contributed by atoms with van der Waals surface area (Å²) in [6.07, 6.45) is -2.70. The second-order valence-corrected chi connectivity index (χ2v) is 8.71. The Morgan fingerprint density at radius 2 is 1.81 bits per heavy atom. The van der Waals surface area contributed by atoms with Crippen molar-refractivity contribution in [3.05, 3.63) is 59.8 Å². The van der Waals surface area contributed by atoms with Gasteiger partial charge in [-0.15, -0.1) is 0 Å². The molecule has 0 radical (unpaired) electrons. The van der Waals surface area contributed by atoms with Crippen LogP contribution in [0, 0.1) is 5.82 Å². The number of methoxy groups -OCH3 is 1. The zero-order chi connectivity index (χ0) is 22.8. The zero-order valence-corrected chi connectivity index (χ0v) is 17.1. The molecule has 0 atom stereocenters. The fourth-order valence-corrected chi connectivity index (χ4v) is 3.54. The molecule has 3 rings (SSSR count). The molecule has 0 aliphatic heterocycles. The van der Waals surface area contributed by atoms with Crippen molar-refractivity contribution in [2.45, 2.75) is 11.9 Å². The maximum Gasteiger partial charge on any atom is 0.433 e. The van der Waals surface area contributed by atoms with Crippen LogP contribution in [0.4, 0.5) is 29.2 Å². The van der Waals surface area contributed by atoms with Gasteiger partial charge >= 0.3 is 6.18 Å². The van der Waals surface area contributed by atoms with Crippen LogP contribution in [0.1, 0.15) is 11.3 Å². The topological polar surface area (TPSA) is 94.1 Å². The Bertz CT molecular complexity index is 1220. The number of ether oxygens (including phenoxy) is 1. The molecular formula is C19H16F4N4O3S. The standard InChI is InChI=1S/C19H16F4N4O3S/c1-30-15-7-12(20)3-4-13(15)14-8-17(25-10-24-14)27-18-6-11(9-31(2,28)29)5-16(26-18)19(21,22)23/h3-8,10H,9H2,1-2H3,(H,24,25,26,27). The number of halogens is 4. The summed E-state index contributed by atoms with van der Waals surface area (Å²) in [5, 5.41) is 2.63. The first-order valence-electron chi connectivity index (χ1n) is 8.63. The van der Waals surface area contributed by atoms with Crippen molar-refractivity contribution < 1.29 is 30.7 Å². The fraction of sp³-hybridized carbons (Fsp3) is 0.211. The van der Waals surface area contributed by atoms with E-state index in [0.29, 0.717) is 17.3 Å². The predicted molar refractivity (Wildman–Crippen MR) is 105 cm³/mol. The SMILES string of the molecule is COc1cc(F)ccc1-c1cc(Nc2cc(CS(C)(=O)=O)cc(C(F)(F)F)n2)ncn1. The molecule has 2 heterocycles. The van der Waals surface area contributed by atoms with Crippen molar-refractivity contribution in [1.29, 1.82) is 0 Å². The molecule has 3 aromatic rings. The van der Waals surface area contributed by atoms with Gasteiger partial charge in [0.2, 0.25) is 0 Å². The van der Waals surface area contributed by atoms with Gasteiger partial charge in [0.15, 0.2) is 9.84 Å². The summed E-state index contributed by atoms with van der Waals surface area (Å²) < 4.78 is 81.3. The van der Waals surface area contributed by atoms with Crippen LogP contribution in [-0.2, 0) is 21.8 Å². The molecule has 7 nitrogen and oxygen atoms in total. The number of rotatable bonds is 6. The number of nitrogens with zero attached hydrogens (tertiary/aromatic N) is 3. The molecule has 2 aromatic heterocycles. The monoisotopic (exact) mass is 456 g/mol. The van der Waals surface area contributed by atoms with Crippen LogP contribution in [0.5, 0.6) is 5.75 Å². The van der Waals surface area contributed by atoms with Gasteiger partial charge in [0.05, 0.1) is 18.6 Å². The minimum atomic E-state index is -4.78. The molecule has 31 heavy (non-hydrogen) atoms. The summed E-state index contributed by atoms with van der Waals surface area (Å²) in [6, 6.07) is 7.09.